The highest BCUT2D eigenvalue weighted by Crippen LogP contribution is 2.65. The summed E-state index contributed by atoms with van der Waals surface area (Å²) in [5, 5.41) is 12.2. The number of esters is 2. The molecule has 65 heavy (non-hydrogen) atoms. The second kappa shape index (κ2) is 18.3. The summed E-state index contributed by atoms with van der Waals surface area (Å²) in [6.45, 7) is 3.23. The number of rotatable bonds is 11. The molecule has 5 aromatic rings. The molecule has 7 atom stereocenters. The molecule has 14 nitrogen and oxygen atoms in total. The summed E-state index contributed by atoms with van der Waals surface area (Å²) in [6, 6.07) is 31.8. The predicted molar refractivity (Wildman–Crippen MR) is 238 cm³/mol. The Labute approximate surface area is 376 Å². The maximum Gasteiger partial charge on any atom is 0.329 e. The molecule has 14 heteroatoms. The summed E-state index contributed by atoms with van der Waals surface area (Å²) in [7, 11) is 2.77. The van der Waals surface area contributed by atoms with Crippen LogP contribution in [-0.2, 0) is 34.1 Å². The van der Waals surface area contributed by atoms with Gasteiger partial charge in [-0.2, -0.15) is 0 Å². The van der Waals surface area contributed by atoms with Gasteiger partial charge in [0.1, 0.15) is 41.7 Å². The number of aliphatic hydroxyl groups is 1. The molecule has 3 aliphatic rings. The van der Waals surface area contributed by atoms with Crippen LogP contribution in [0.5, 0.6) is 11.5 Å². The molecule has 0 bridgehead atoms. The number of aliphatic hydroxyl groups excluding tert-OH is 1. The smallest absolute Gasteiger partial charge is 0.329 e. The van der Waals surface area contributed by atoms with Crippen LogP contribution in [0.1, 0.15) is 65.4 Å². The van der Waals surface area contributed by atoms with Gasteiger partial charge in [-0.15, -0.1) is 0 Å². The maximum atomic E-state index is 16.2. The Hall–Kier alpha value is -7.47. The Morgan fingerprint density at radius 1 is 0.800 bits per heavy atom. The number of anilines is 1. The Kier molecular flexibility index (Phi) is 12.4. The van der Waals surface area contributed by atoms with Crippen molar-refractivity contribution < 1.29 is 48.0 Å². The molecule has 3 aliphatic heterocycles. The minimum Gasteiger partial charge on any atom is -0.497 e. The van der Waals surface area contributed by atoms with Gasteiger partial charge in [-0.25, -0.2) is 14.5 Å². The number of nitrogens with two attached hydrogens (primary N) is 1. The standard InChI is InChI=1S/C51H48N4O10/c1-30(2)41(47(58)63-4)53-50(61)54-39-26-19-32(16-15-31-17-22-36(62-3)23-18-31)29-38(39)51(49(54)60)40(46(52)57)43-48(59)65-44(34-13-9-6-10-14-34)42(33-11-7-5-8-12-33)55(43)45(51)35-20-24-37(25-21-35)64-28-27-56/h5-14,17-26,29-30,40-45,56H,27-28H2,1-4H3,(H2,52,57)(H,53,61)/t40-,41+,42-,43-,44+,45+,51-/m1/s1. The van der Waals surface area contributed by atoms with Gasteiger partial charge >= 0.3 is 18.0 Å². The number of imide groups is 1. The van der Waals surface area contributed by atoms with E-state index in [0.29, 0.717) is 39.3 Å². The van der Waals surface area contributed by atoms with Gasteiger partial charge in [0, 0.05) is 11.1 Å². The highest BCUT2D eigenvalue weighted by atomic mass is 16.6. The Bertz CT molecular complexity index is 2660. The molecular weight excluding hydrogens is 829 g/mol. The lowest BCUT2D eigenvalue weighted by Crippen LogP contribution is -2.57. The highest BCUT2D eigenvalue weighted by Gasteiger charge is 2.75. The third-order valence-corrected chi connectivity index (χ3v) is 12.4. The third-order valence-electron chi connectivity index (χ3n) is 12.4. The fraction of sp³-hybridized carbons (Fsp3) is 0.275. The van der Waals surface area contributed by atoms with E-state index in [1.807, 2.05) is 65.6 Å². The molecule has 2 saturated heterocycles. The van der Waals surface area contributed by atoms with Crippen molar-refractivity contribution in [3.63, 3.8) is 0 Å². The predicted octanol–water partition coefficient (Wildman–Crippen LogP) is 5.52. The van der Waals surface area contributed by atoms with E-state index in [1.54, 1.807) is 87.7 Å². The van der Waals surface area contributed by atoms with E-state index in [2.05, 4.69) is 17.2 Å². The number of cyclic esters (lactones) is 1. The second-order valence-electron chi connectivity index (χ2n) is 16.4. The van der Waals surface area contributed by atoms with Crippen molar-refractivity contribution in [3.8, 4) is 23.3 Å². The van der Waals surface area contributed by atoms with Gasteiger partial charge in [-0.05, 0) is 82.8 Å². The van der Waals surface area contributed by atoms with Crippen LogP contribution in [0.15, 0.2) is 127 Å². The molecule has 4 N–H and O–H groups in total. The molecule has 0 saturated carbocycles. The van der Waals surface area contributed by atoms with Crippen molar-refractivity contribution in [2.75, 3.05) is 32.3 Å². The first-order valence-electron chi connectivity index (χ1n) is 21.2. The summed E-state index contributed by atoms with van der Waals surface area (Å²) in [5.74, 6) is 1.93. The Balaban J connectivity index is 1.42. The van der Waals surface area contributed by atoms with Gasteiger partial charge in [-0.1, -0.05) is 98.5 Å². The van der Waals surface area contributed by atoms with Crippen molar-refractivity contribution in [1.82, 2.24) is 10.2 Å². The van der Waals surface area contributed by atoms with Crippen molar-refractivity contribution >= 4 is 35.5 Å². The zero-order chi connectivity index (χ0) is 46.0. The van der Waals surface area contributed by atoms with Gasteiger partial charge in [0.05, 0.1) is 44.5 Å². The number of carbonyl (C=O) groups is 5. The number of primary amides is 1. The highest BCUT2D eigenvalue weighted by molar-refractivity contribution is 6.25. The lowest BCUT2D eigenvalue weighted by Gasteiger charge is -2.46. The van der Waals surface area contributed by atoms with Gasteiger partial charge in [-0.3, -0.25) is 19.3 Å². The van der Waals surface area contributed by atoms with Gasteiger partial charge in [0.2, 0.25) is 11.8 Å². The van der Waals surface area contributed by atoms with Gasteiger partial charge in [0.25, 0.3) is 0 Å². The molecule has 0 unspecified atom stereocenters. The number of nitrogens with zero attached hydrogens (tertiary/aromatic N) is 2. The number of carbonyl (C=O) groups excluding carboxylic acids is 5. The number of nitrogens with one attached hydrogen (secondary N) is 1. The minimum absolute atomic E-state index is 0.0184. The fourth-order valence-corrected chi connectivity index (χ4v) is 9.57. The number of benzene rings is 5. The topological polar surface area (TPSA) is 187 Å². The van der Waals surface area contributed by atoms with Crippen molar-refractivity contribution in [2.24, 2.45) is 17.6 Å². The average Bonchev–Trinajstić information content (AvgIpc) is 3.78. The van der Waals surface area contributed by atoms with E-state index >= 15 is 4.79 Å². The zero-order valence-corrected chi connectivity index (χ0v) is 36.2. The molecule has 8 rings (SSSR count). The molecule has 0 radical (unpaired) electrons. The van der Waals surface area contributed by atoms with Crippen LogP contribution < -0.4 is 25.4 Å². The minimum atomic E-state index is -2.11. The third kappa shape index (κ3) is 7.83. The fourth-order valence-electron chi connectivity index (χ4n) is 9.57. The van der Waals surface area contributed by atoms with Crippen LogP contribution in [0.25, 0.3) is 0 Å². The number of hydrogen-bond acceptors (Lipinski definition) is 11. The lowest BCUT2D eigenvalue weighted by atomic mass is 9.65. The first-order chi connectivity index (χ1) is 31.4. The molecule has 4 amide bonds. The van der Waals surface area contributed by atoms with E-state index in [9.17, 15) is 24.3 Å². The summed E-state index contributed by atoms with van der Waals surface area (Å²) in [5.41, 5.74) is 7.63. The number of ether oxygens (including phenoxy) is 4. The molecule has 332 valence electrons. The van der Waals surface area contributed by atoms with E-state index in [0.717, 1.165) is 4.90 Å². The van der Waals surface area contributed by atoms with Crippen LogP contribution in [0.3, 0.4) is 0 Å². The summed E-state index contributed by atoms with van der Waals surface area (Å²) < 4.78 is 22.5. The summed E-state index contributed by atoms with van der Waals surface area (Å²) in [4.78, 5) is 76.3. The van der Waals surface area contributed by atoms with Crippen LogP contribution in [0.4, 0.5) is 10.5 Å². The number of methoxy groups -OCH3 is 2. The van der Waals surface area contributed by atoms with Crippen molar-refractivity contribution in [1.29, 1.82) is 0 Å². The summed E-state index contributed by atoms with van der Waals surface area (Å²) >= 11 is 0. The van der Waals surface area contributed by atoms with Crippen molar-refractivity contribution in [3.05, 3.63) is 161 Å². The SMILES string of the molecule is COC(=O)[C@@H](NC(=O)N1C(=O)[C@@]2(c3cc(C#Cc4ccc(OC)cc4)ccc31)[C@H](c1ccc(OCCO)cc1)N1[C@H](c3ccccc3)[C@H](c3ccccc3)OC(=O)[C@H]1[C@@H]2C(N)=O)C(C)C. The monoisotopic (exact) mass is 876 g/mol. The largest absolute Gasteiger partial charge is 0.497 e. The number of amides is 4. The molecular formula is C51H48N4O10. The van der Waals surface area contributed by atoms with E-state index < -0.39 is 77.3 Å². The van der Waals surface area contributed by atoms with Crippen LogP contribution in [0, 0.1) is 23.7 Å². The molecule has 2 fully saturated rings. The second-order valence-corrected chi connectivity index (χ2v) is 16.4. The van der Waals surface area contributed by atoms with Gasteiger partial charge < -0.3 is 35.1 Å². The number of morpholine rings is 1. The molecule has 1 spiro atoms. The van der Waals surface area contributed by atoms with E-state index in [1.165, 1.54) is 7.11 Å². The number of fused-ring (bicyclic) bond motifs is 3. The molecule has 0 aromatic heterocycles. The normalized spacial score (nSPS) is 22.6. The number of urea groups is 1. The molecule has 5 aromatic carbocycles. The zero-order valence-electron chi connectivity index (χ0n) is 36.2. The lowest BCUT2D eigenvalue weighted by molar-refractivity contribution is -0.178. The number of hydrogen-bond donors (Lipinski definition) is 3. The Morgan fingerprint density at radius 3 is 2.02 bits per heavy atom. The van der Waals surface area contributed by atoms with Crippen LogP contribution in [-0.4, -0.2) is 79.3 Å². The molecule has 3 heterocycles. The first-order valence-corrected chi connectivity index (χ1v) is 21.2. The first kappa shape index (κ1) is 44.1. The van der Waals surface area contributed by atoms with E-state index in [4.69, 9.17) is 24.7 Å². The van der Waals surface area contributed by atoms with Gasteiger partial charge in [0.15, 0.2) is 0 Å². The van der Waals surface area contributed by atoms with Crippen LogP contribution >= 0.6 is 0 Å². The van der Waals surface area contributed by atoms with E-state index in [-0.39, 0.29) is 24.5 Å². The molecule has 0 aliphatic carbocycles. The van der Waals surface area contributed by atoms with Crippen molar-refractivity contribution in [2.45, 2.75) is 49.5 Å². The maximum absolute atomic E-state index is 16.2. The quantitative estimate of drug-likeness (QED) is 0.112. The summed E-state index contributed by atoms with van der Waals surface area (Å²) in [6.07, 6.45) is -0.940. The Morgan fingerprint density at radius 2 is 1.42 bits per heavy atom. The average molecular weight is 877 g/mol. The van der Waals surface area contributed by atoms with Crippen LogP contribution in [0.2, 0.25) is 0 Å².